The van der Waals surface area contributed by atoms with Crippen LogP contribution < -0.4 is 21.9 Å². The summed E-state index contributed by atoms with van der Waals surface area (Å²) >= 11 is 0. The summed E-state index contributed by atoms with van der Waals surface area (Å²) < 4.78 is 5.12. The van der Waals surface area contributed by atoms with Crippen molar-refractivity contribution in [2.45, 2.75) is 11.5 Å². The highest BCUT2D eigenvalue weighted by Crippen LogP contribution is 2.34. The fourth-order valence-corrected chi connectivity index (χ4v) is 2.11. The lowest BCUT2D eigenvalue weighted by molar-refractivity contribution is 0.0901. The topological polar surface area (TPSA) is 117 Å². The van der Waals surface area contributed by atoms with E-state index in [4.69, 9.17) is 28.4 Å². The van der Waals surface area contributed by atoms with Crippen molar-refractivity contribution in [1.29, 1.82) is 0 Å². The molecule has 0 saturated heterocycles. The van der Waals surface area contributed by atoms with Gasteiger partial charge in [-0.1, -0.05) is 48.4 Å². The largest absolute Gasteiger partial charge is 0.447 e. The lowest BCUT2D eigenvalue weighted by atomic mass is 9.84. The molecule has 6 heteroatoms. The maximum atomic E-state index is 11.5. The monoisotopic (exact) mass is 296 g/mol. The van der Waals surface area contributed by atoms with Crippen molar-refractivity contribution in [3.8, 4) is 18.1 Å². The average Bonchev–Trinajstić information content (AvgIpc) is 2.50. The highest BCUT2D eigenvalue weighted by atomic mass is 16.5. The molecule has 1 unspecified atom stereocenters. The van der Waals surface area contributed by atoms with Gasteiger partial charge in [-0.25, -0.2) is 0 Å². The van der Waals surface area contributed by atoms with Gasteiger partial charge in [0.2, 0.25) is 5.54 Å². The van der Waals surface area contributed by atoms with Crippen LogP contribution in [0.25, 0.3) is 0 Å². The lowest BCUT2D eigenvalue weighted by Gasteiger charge is -2.23. The van der Waals surface area contributed by atoms with Gasteiger partial charge in [0.1, 0.15) is 5.75 Å². The van der Waals surface area contributed by atoms with E-state index in [2.05, 4.69) is 11.1 Å². The highest BCUT2D eigenvalue weighted by Gasteiger charge is 2.34. The van der Waals surface area contributed by atoms with E-state index in [1.54, 1.807) is 48.5 Å². The summed E-state index contributed by atoms with van der Waals surface area (Å²) in [5.74, 6) is 1.04. The number of benzene rings is 2. The highest BCUT2D eigenvalue weighted by molar-refractivity contribution is 5.47. The molecule has 0 aromatic heterocycles. The Morgan fingerprint density at radius 2 is 1.50 bits per heavy atom. The standard InChI is InChI=1S/C16H16N4O2/c1-2-15(20-21,12-6-4-3-5-7-12)13-8-10-14(11-9-13)22-16(17,18)19/h1,3-11H,17-19H2. The van der Waals surface area contributed by atoms with Crippen molar-refractivity contribution < 1.29 is 4.74 Å². The maximum absolute atomic E-state index is 11.5. The first-order valence-corrected chi connectivity index (χ1v) is 6.45. The van der Waals surface area contributed by atoms with E-state index in [1.807, 2.05) is 6.07 Å². The van der Waals surface area contributed by atoms with Gasteiger partial charge < -0.3 is 4.74 Å². The number of rotatable bonds is 5. The van der Waals surface area contributed by atoms with Gasteiger partial charge in [-0.3, -0.25) is 17.2 Å². The van der Waals surface area contributed by atoms with Crippen LogP contribution in [-0.2, 0) is 5.54 Å². The first-order valence-electron chi connectivity index (χ1n) is 6.45. The molecule has 0 spiro atoms. The van der Waals surface area contributed by atoms with Gasteiger partial charge in [0.05, 0.1) is 0 Å². The molecule has 1 atom stereocenters. The van der Waals surface area contributed by atoms with Crippen LogP contribution in [0.4, 0.5) is 0 Å². The smallest absolute Gasteiger partial charge is 0.271 e. The number of terminal acetylenes is 1. The average molecular weight is 296 g/mol. The van der Waals surface area contributed by atoms with E-state index in [0.717, 1.165) is 0 Å². The lowest BCUT2D eigenvalue weighted by Crippen LogP contribution is -2.62. The molecule has 0 bridgehead atoms. The second-order valence-corrected chi connectivity index (χ2v) is 4.79. The quantitative estimate of drug-likeness (QED) is 0.435. The minimum absolute atomic E-state index is 0.348. The Kier molecular flexibility index (Phi) is 4.24. The minimum atomic E-state index is -1.78. The van der Waals surface area contributed by atoms with E-state index in [9.17, 15) is 4.91 Å². The van der Waals surface area contributed by atoms with Crippen LogP contribution in [0.3, 0.4) is 0 Å². The summed E-state index contributed by atoms with van der Waals surface area (Å²) in [4.78, 5) is 11.5. The van der Waals surface area contributed by atoms with Gasteiger partial charge in [0, 0.05) is 5.56 Å². The number of hydrogen-bond acceptors (Lipinski definition) is 6. The Balaban J connectivity index is 2.43. The third kappa shape index (κ3) is 3.13. The first kappa shape index (κ1) is 15.7. The third-order valence-electron chi connectivity index (χ3n) is 3.10. The van der Waals surface area contributed by atoms with Crippen LogP contribution in [0.2, 0.25) is 0 Å². The molecule has 2 aromatic carbocycles. The summed E-state index contributed by atoms with van der Waals surface area (Å²) in [6.07, 6.45) is 5.59. The molecule has 0 fully saturated rings. The molecule has 0 radical (unpaired) electrons. The molecule has 6 nitrogen and oxygen atoms in total. The molecule has 0 heterocycles. The van der Waals surface area contributed by atoms with E-state index < -0.39 is 11.5 Å². The van der Waals surface area contributed by atoms with Crippen LogP contribution in [0, 0.1) is 17.3 Å². The number of nitroso groups, excluding NO2 is 1. The normalized spacial score (nSPS) is 13.7. The fraction of sp³-hybridized carbons (Fsp3) is 0.125. The number of ether oxygens (including phenoxy) is 1. The Hall–Kier alpha value is -2.72. The van der Waals surface area contributed by atoms with Gasteiger partial charge in [0.15, 0.2) is 0 Å². The van der Waals surface area contributed by atoms with Gasteiger partial charge >= 0.3 is 0 Å². The minimum Gasteiger partial charge on any atom is -0.447 e. The molecule has 0 saturated carbocycles. The van der Waals surface area contributed by atoms with Crippen LogP contribution in [0.15, 0.2) is 59.8 Å². The molecule has 6 N–H and O–H groups in total. The van der Waals surface area contributed by atoms with Crippen molar-refractivity contribution in [3.63, 3.8) is 0 Å². The zero-order valence-electron chi connectivity index (χ0n) is 11.8. The van der Waals surface area contributed by atoms with Gasteiger partial charge in [-0.15, -0.1) is 11.3 Å². The Labute approximate surface area is 128 Å². The molecular weight excluding hydrogens is 280 g/mol. The Morgan fingerprint density at radius 1 is 0.955 bits per heavy atom. The fourth-order valence-electron chi connectivity index (χ4n) is 2.11. The van der Waals surface area contributed by atoms with Crippen LogP contribution in [0.1, 0.15) is 11.1 Å². The van der Waals surface area contributed by atoms with Crippen LogP contribution in [0.5, 0.6) is 5.75 Å². The van der Waals surface area contributed by atoms with Crippen LogP contribution >= 0.6 is 0 Å². The second-order valence-electron chi connectivity index (χ2n) is 4.79. The van der Waals surface area contributed by atoms with E-state index >= 15 is 0 Å². The molecule has 2 rings (SSSR count). The molecule has 0 aliphatic rings. The Bertz CT molecular complexity index is 687. The molecule has 0 amide bonds. The van der Waals surface area contributed by atoms with Crippen molar-refractivity contribution in [2.75, 3.05) is 0 Å². The predicted octanol–water partition coefficient (Wildman–Crippen LogP) is 1.20. The summed E-state index contributed by atoms with van der Waals surface area (Å²) in [6.45, 7) is 0. The van der Waals surface area contributed by atoms with Gasteiger partial charge in [-0.2, -0.15) is 0 Å². The SMILES string of the molecule is C#CC(N=O)(c1ccccc1)c1ccc(OC(N)(N)N)cc1. The third-order valence-corrected chi connectivity index (χ3v) is 3.10. The van der Waals surface area contributed by atoms with E-state index in [1.165, 1.54) is 0 Å². The molecule has 0 aliphatic heterocycles. The second kappa shape index (κ2) is 5.95. The van der Waals surface area contributed by atoms with Crippen molar-refractivity contribution in [3.05, 3.63) is 70.6 Å². The maximum Gasteiger partial charge on any atom is 0.271 e. The number of hydrogen-bond donors (Lipinski definition) is 3. The van der Waals surface area contributed by atoms with Crippen molar-refractivity contribution >= 4 is 0 Å². The van der Waals surface area contributed by atoms with Crippen molar-refractivity contribution in [2.24, 2.45) is 22.4 Å². The predicted molar refractivity (Wildman–Crippen MR) is 84.2 cm³/mol. The Morgan fingerprint density at radius 3 is 1.95 bits per heavy atom. The summed E-state index contributed by atoms with van der Waals surface area (Å²) in [6, 6.07) is 15.3. The van der Waals surface area contributed by atoms with E-state index in [-0.39, 0.29) is 0 Å². The van der Waals surface area contributed by atoms with Crippen LogP contribution in [-0.4, -0.2) is 5.97 Å². The zero-order chi connectivity index (χ0) is 16.2. The molecule has 2 aromatic rings. The number of nitrogens with zero attached hydrogens (tertiary/aromatic N) is 1. The molecular formula is C16H16N4O2. The zero-order valence-corrected chi connectivity index (χ0v) is 11.8. The molecule has 22 heavy (non-hydrogen) atoms. The molecule has 112 valence electrons. The number of nitrogens with two attached hydrogens (primary N) is 3. The summed E-state index contributed by atoms with van der Waals surface area (Å²) in [5, 5.41) is 3.18. The van der Waals surface area contributed by atoms with Gasteiger partial charge in [-0.05, 0) is 22.9 Å². The summed E-state index contributed by atoms with van der Waals surface area (Å²) in [5.41, 5.74) is 15.8. The van der Waals surface area contributed by atoms with E-state index in [0.29, 0.717) is 16.9 Å². The van der Waals surface area contributed by atoms with Gasteiger partial charge in [0.25, 0.3) is 5.97 Å². The first-order chi connectivity index (χ1) is 10.4. The summed E-state index contributed by atoms with van der Waals surface area (Å²) in [7, 11) is 0. The van der Waals surface area contributed by atoms with Crippen molar-refractivity contribution in [1.82, 2.24) is 0 Å². The molecule has 0 aliphatic carbocycles.